The van der Waals surface area contributed by atoms with Gasteiger partial charge < -0.3 is 19.4 Å². The minimum absolute atomic E-state index is 0.104. The van der Waals surface area contributed by atoms with Crippen LogP contribution in [0.4, 0.5) is 11.4 Å². The molecule has 144 valence electrons. The van der Waals surface area contributed by atoms with E-state index in [2.05, 4.69) is 10.3 Å². The summed E-state index contributed by atoms with van der Waals surface area (Å²) in [5.41, 5.74) is 2.61. The van der Waals surface area contributed by atoms with Gasteiger partial charge in [-0.25, -0.2) is 4.98 Å². The van der Waals surface area contributed by atoms with Crippen molar-refractivity contribution in [2.75, 3.05) is 23.9 Å². The number of hydrogen-bond acceptors (Lipinski definition) is 5. The van der Waals surface area contributed by atoms with E-state index in [1.54, 1.807) is 48.2 Å². The average molecular weight is 400 g/mol. The largest absolute Gasteiger partial charge is 0.495 e. The monoisotopic (exact) mass is 399 g/mol. The van der Waals surface area contributed by atoms with Crippen LogP contribution in [0.3, 0.4) is 0 Å². The van der Waals surface area contributed by atoms with Crippen LogP contribution in [-0.2, 0) is 9.59 Å². The molecule has 0 bridgehead atoms. The number of rotatable bonds is 4. The van der Waals surface area contributed by atoms with Crippen LogP contribution in [-0.4, -0.2) is 30.5 Å². The zero-order valence-corrected chi connectivity index (χ0v) is 16.1. The summed E-state index contributed by atoms with van der Waals surface area (Å²) in [7, 11) is 1.52. The number of aromatic nitrogens is 1. The fraction of sp³-hybridized carbons (Fsp3) is 0.250. The van der Waals surface area contributed by atoms with Gasteiger partial charge in [0.25, 0.3) is 0 Å². The van der Waals surface area contributed by atoms with Gasteiger partial charge in [-0.15, -0.1) is 0 Å². The Morgan fingerprint density at radius 3 is 2.89 bits per heavy atom. The van der Waals surface area contributed by atoms with Crippen LogP contribution in [0, 0.1) is 12.8 Å². The van der Waals surface area contributed by atoms with Crippen LogP contribution in [0.25, 0.3) is 11.1 Å². The number of hydrogen-bond donors (Lipinski definition) is 1. The summed E-state index contributed by atoms with van der Waals surface area (Å²) in [5.74, 6) is 0.307. The van der Waals surface area contributed by atoms with Crippen LogP contribution < -0.4 is 15.0 Å². The van der Waals surface area contributed by atoms with Crippen molar-refractivity contribution < 1.29 is 18.7 Å². The van der Waals surface area contributed by atoms with Gasteiger partial charge in [0.15, 0.2) is 11.5 Å². The maximum atomic E-state index is 12.6. The lowest BCUT2D eigenvalue weighted by Gasteiger charge is -2.16. The number of nitrogens with one attached hydrogen (secondary N) is 1. The van der Waals surface area contributed by atoms with E-state index in [4.69, 9.17) is 20.8 Å². The SMILES string of the molecule is COc1ccc(NC(=O)C2CC(=O)N(c3ccc4oc(C)nc4c3)C2)cc1Cl. The summed E-state index contributed by atoms with van der Waals surface area (Å²) in [6.45, 7) is 2.07. The molecule has 1 aliphatic rings. The highest BCUT2D eigenvalue weighted by atomic mass is 35.5. The zero-order valence-electron chi connectivity index (χ0n) is 15.4. The number of oxazole rings is 1. The molecule has 2 amide bonds. The third-order valence-electron chi connectivity index (χ3n) is 4.70. The van der Waals surface area contributed by atoms with Gasteiger partial charge in [-0.3, -0.25) is 9.59 Å². The molecule has 1 aromatic heterocycles. The van der Waals surface area contributed by atoms with E-state index in [9.17, 15) is 9.59 Å². The van der Waals surface area contributed by atoms with Crippen molar-refractivity contribution in [2.45, 2.75) is 13.3 Å². The Balaban J connectivity index is 1.48. The molecule has 1 N–H and O–H groups in total. The molecule has 1 atom stereocenters. The molecule has 1 aliphatic heterocycles. The smallest absolute Gasteiger partial charge is 0.229 e. The van der Waals surface area contributed by atoms with Gasteiger partial charge >= 0.3 is 0 Å². The number of aryl methyl sites for hydroxylation is 1. The standard InChI is InChI=1S/C20H18ClN3O4/c1-11-22-16-9-14(4-6-18(16)28-11)24-10-12(7-19(24)25)20(26)23-13-3-5-17(27-2)15(21)8-13/h3-6,8-9,12H,7,10H2,1-2H3,(H,23,26). The van der Waals surface area contributed by atoms with Gasteiger partial charge in [0.2, 0.25) is 11.8 Å². The molecule has 0 spiro atoms. The Morgan fingerprint density at radius 1 is 1.32 bits per heavy atom. The maximum Gasteiger partial charge on any atom is 0.229 e. The van der Waals surface area contributed by atoms with Crippen molar-refractivity contribution in [3.8, 4) is 5.75 Å². The van der Waals surface area contributed by atoms with Crippen molar-refractivity contribution in [3.63, 3.8) is 0 Å². The topological polar surface area (TPSA) is 84.7 Å². The number of anilines is 2. The minimum atomic E-state index is -0.455. The molecule has 2 aromatic carbocycles. The molecule has 0 radical (unpaired) electrons. The van der Waals surface area contributed by atoms with Gasteiger partial charge in [0.05, 0.1) is 18.1 Å². The molecule has 0 saturated carbocycles. The number of halogens is 1. The number of amides is 2. The number of nitrogens with zero attached hydrogens (tertiary/aromatic N) is 2. The van der Waals surface area contributed by atoms with Gasteiger partial charge in [-0.1, -0.05) is 11.6 Å². The third kappa shape index (κ3) is 3.41. The summed E-state index contributed by atoms with van der Waals surface area (Å²) in [5, 5.41) is 3.22. The van der Waals surface area contributed by atoms with Gasteiger partial charge in [0, 0.05) is 31.3 Å². The number of methoxy groups -OCH3 is 1. The van der Waals surface area contributed by atoms with Crippen LogP contribution >= 0.6 is 11.6 Å². The first-order chi connectivity index (χ1) is 13.4. The summed E-state index contributed by atoms with van der Waals surface area (Å²) in [6, 6.07) is 10.4. The second kappa shape index (κ2) is 7.16. The first-order valence-electron chi connectivity index (χ1n) is 8.76. The molecule has 28 heavy (non-hydrogen) atoms. The molecular weight excluding hydrogens is 382 g/mol. The normalized spacial score (nSPS) is 16.6. The predicted octanol–water partition coefficient (Wildman–Crippen LogP) is 3.79. The lowest BCUT2D eigenvalue weighted by atomic mass is 10.1. The molecule has 4 rings (SSSR count). The Kier molecular flexibility index (Phi) is 4.68. The Labute approximate surface area is 166 Å². The Morgan fingerprint density at radius 2 is 2.14 bits per heavy atom. The Hall–Kier alpha value is -3.06. The van der Waals surface area contributed by atoms with Gasteiger partial charge in [0.1, 0.15) is 11.3 Å². The van der Waals surface area contributed by atoms with E-state index >= 15 is 0 Å². The highest BCUT2D eigenvalue weighted by Crippen LogP contribution is 2.30. The van der Waals surface area contributed by atoms with Crippen LogP contribution in [0.5, 0.6) is 5.75 Å². The molecule has 8 heteroatoms. The van der Waals surface area contributed by atoms with E-state index in [-0.39, 0.29) is 18.2 Å². The van der Waals surface area contributed by atoms with Crippen molar-refractivity contribution in [1.82, 2.24) is 4.98 Å². The highest BCUT2D eigenvalue weighted by molar-refractivity contribution is 6.32. The van der Waals surface area contributed by atoms with Crippen LogP contribution in [0.15, 0.2) is 40.8 Å². The van der Waals surface area contributed by atoms with Crippen molar-refractivity contribution in [2.24, 2.45) is 5.92 Å². The Bertz CT molecular complexity index is 1080. The zero-order chi connectivity index (χ0) is 19.8. The maximum absolute atomic E-state index is 12.6. The summed E-state index contributed by atoms with van der Waals surface area (Å²) < 4.78 is 10.6. The summed E-state index contributed by atoms with van der Waals surface area (Å²) in [4.78, 5) is 31.0. The van der Waals surface area contributed by atoms with Gasteiger partial charge in [-0.05, 0) is 36.4 Å². The van der Waals surface area contributed by atoms with E-state index in [1.165, 1.54) is 7.11 Å². The number of benzene rings is 2. The van der Waals surface area contributed by atoms with Gasteiger partial charge in [-0.2, -0.15) is 0 Å². The van der Waals surface area contributed by atoms with E-state index in [0.29, 0.717) is 45.7 Å². The number of ether oxygens (including phenoxy) is 1. The first-order valence-corrected chi connectivity index (χ1v) is 9.14. The second-order valence-corrected chi connectivity index (χ2v) is 7.04. The number of carbonyl (C=O) groups excluding carboxylic acids is 2. The lowest BCUT2D eigenvalue weighted by Crippen LogP contribution is -2.28. The summed E-state index contributed by atoms with van der Waals surface area (Å²) in [6.07, 6.45) is 0.144. The number of carbonyl (C=O) groups is 2. The lowest BCUT2D eigenvalue weighted by molar-refractivity contribution is -0.122. The fourth-order valence-corrected chi connectivity index (χ4v) is 3.58. The molecule has 3 aromatic rings. The van der Waals surface area contributed by atoms with E-state index < -0.39 is 5.92 Å². The fourth-order valence-electron chi connectivity index (χ4n) is 3.32. The van der Waals surface area contributed by atoms with E-state index in [0.717, 1.165) is 0 Å². The molecule has 1 unspecified atom stereocenters. The van der Waals surface area contributed by atoms with E-state index in [1.807, 2.05) is 0 Å². The van der Waals surface area contributed by atoms with Crippen LogP contribution in [0.1, 0.15) is 12.3 Å². The summed E-state index contributed by atoms with van der Waals surface area (Å²) >= 11 is 6.10. The minimum Gasteiger partial charge on any atom is -0.495 e. The highest BCUT2D eigenvalue weighted by Gasteiger charge is 2.35. The molecule has 7 nitrogen and oxygen atoms in total. The second-order valence-electron chi connectivity index (χ2n) is 6.63. The number of fused-ring (bicyclic) bond motifs is 1. The van der Waals surface area contributed by atoms with Crippen molar-refractivity contribution in [3.05, 3.63) is 47.3 Å². The molecule has 1 fully saturated rings. The third-order valence-corrected chi connectivity index (χ3v) is 5.00. The quantitative estimate of drug-likeness (QED) is 0.721. The molecular formula is C20H18ClN3O4. The molecule has 0 aliphatic carbocycles. The molecule has 2 heterocycles. The predicted molar refractivity (Wildman–Crippen MR) is 106 cm³/mol. The average Bonchev–Trinajstić information content (AvgIpc) is 3.23. The van der Waals surface area contributed by atoms with Crippen molar-refractivity contribution >= 4 is 45.9 Å². The van der Waals surface area contributed by atoms with Crippen LogP contribution in [0.2, 0.25) is 5.02 Å². The molecule has 1 saturated heterocycles. The first kappa shape index (κ1) is 18.3. The van der Waals surface area contributed by atoms with Crippen molar-refractivity contribution in [1.29, 1.82) is 0 Å².